The van der Waals surface area contributed by atoms with E-state index in [0.717, 1.165) is 25.7 Å². The van der Waals surface area contributed by atoms with E-state index >= 15 is 0 Å². The van der Waals surface area contributed by atoms with Crippen LogP contribution in [0.2, 0.25) is 5.28 Å². The summed E-state index contributed by atoms with van der Waals surface area (Å²) in [4.78, 5) is 27.2. The SMILES string of the molecule is NS(=O)(=O)CC(OC[C@H]1O[C@@H](n2ncc3c(NC4CCCC4)nc(Cl)nc32)[C@H](O)[C@@H]1O)P(=O)(O)O. The molecule has 35 heavy (non-hydrogen) atoms. The summed E-state index contributed by atoms with van der Waals surface area (Å²) in [6.45, 7) is -0.649. The van der Waals surface area contributed by atoms with Gasteiger partial charge in [0.1, 0.15) is 29.9 Å². The van der Waals surface area contributed by atoms with Gasteiger partial charge in [-0.05, 0) is 24.4 Å². The molecule has 0 bridgehead atoms. The van der Waals surface area contributed by atoms with Gasteiger partial charge in [-0.15, -0.1) is 0 Å². The van der Waals surface area contributed by atoms with E-state index < -0.39 is 60.4 Å². The quantitative estimate of drug-likeness (QED) is 0.165. The Labute approximate surface area is 204 Å². The number of aliphatic hydroxyl groups is 2. The third-order valence-corrected chi connectivity index (χ3v) is 8.17. The smallest absolute Gasteiger partial charge is 0.355 e. The molecule has 1 aliphatic carbocycles. The number of fused-ring (bicyclic) bond motifs is 1. The molecule has 2 aliphatic rings. The summed E-state index contributed by atoms with van der Waals surface area (Å²) in [5, 5.41) is 33.9. The van der Waals surface area contributed by atoms with Crippen molar-refractivity contribution < 1.29 is 42.5 Å². The Kier molecular flexibility index (Phi) is 7.70. The average Bonchev–Trinajstić information content (AvgIpc) is 3.45. The molecule has 2 fully saturated rings. The van der Waals surface area contributed by atoms with E-state index in [1.54, 1.807) is 0 Å². The fourth-order valence-corrected chi connectivity index (χ4v) is 6.51. The van der Waals surface area contributed by atoms with Crippen molar-refractivity contribution in [2.75, 3.05) is 17.7 Å². The van der Waals surface area contributed by atoms with Crippen LogP contribution in [0.5, 0.6) is 0 Å². The predicted octanol–water partition coefficient (Wildman–Crippen LogP) is -0.738. The summed E-state index contributed by atoms with van der Waals surface area (Å²) in [6.07, 6.45) is 0.00631. The third-order valence-electron chi connectivity index (χ3n) is 5.90. The number of nitrogens with one attached hydrogen (secondary N) is 1. The number of nitrogens with two attached hydrogens (primary N) is 1. The number of rotatable bonds is 9. The minimum Gasteiger partial charge on any atom is -0.387 e. The zero-order chi connectivity index (χ0) is 25.5. The van der Waals surface area contributed by atoms with Gasteiger partial charge in [0.25, 0.3) is 0 Å². The lowest BCUT2D eigenvalue weighted by molar-refractivity contribution is -0.0739. The molecule has 15 nitrogen and oxygen atoms in total. The van der Waals surface area contributed by atoms with E-state index in [1.165, 1.54) is 10.9 Å². The van der Waals surface area contributed by atoms with Crippen LogP contribution in [0.3, 0.4) is 0 Å². The van der Waals surface area contributed by atoms with Crippen molar-refractivity contribution in [1.82, 2.24) is 19.7 Å². The highest BCUT2D eigenvalue weighted by Crippen LogP contribution is 2.43. The number of ether oxygens (including phenoxy) is 2. The van der Waals surface area contributed by atoms with Crippen LogP contribution in [-0.4, -0.2) is 90.7 Å². The Morgan fingerprint density at radius 2 is 1.97 bits per heavy atom. The zero-order valence-corrected chi connectivity index (χ0v) is 20.7. The number of hydrogen-bond donors (Lipinski definition) is 6. The normalized spacial score (nSPS) is 27.0. The van der Waals surface area contributed by atoms with Crippen LogP contribution in [0.4, 0.5) is 5.82 Å². The highest BCUT2D eigenvalue weighted by Gasteiger charge is 2.46. The van der Waals surface area contributed by atoms with Crippen molar-refractivity contribution in [1.29, 1.82) is 0 Å². The molecule has 0 aromatic carbocycles. The van der Waals surface area contributed by atoms with Gasteiger partial charge in [-0.2, -0.15) is 15.1 Å². The minimum absolute atomic E-state index is 0.0693. The van der Waals surface area contributed by atoms with Gasteiger partial charge in [0.2, 0.25) is 15.3 Å². The van der Waals surface area contributed by atoms with Crippen LogP contribution < -0.4 is 10.5 Å². The number of aromatic nitrogens is 4. The standard InChI is InChI=1S/C17H26ClN6O9PS/c18-17-22-14(21-8-3-1-2-4-8)9-5-20-24(15(9)23-17)16-13(26)12(25)10(33-16)6-32-11(34(27,28)29)7-35(19,30)31/h5,8,10-13,16,25-26H,1-4,6-7H2,(H2,19,30,31)(H,21,22,23)(H2,27,28,29)/t10-,11?,12-,13-,16-/m1/s1. The zero-order valence-electron chi connectivity index (χ0n) is 18.2. The number of sulfonamides is 1. The first-order valence-corrected chi connectivity index (χ1v) is 14.5. The van der Waals surface area contributed by atoms with Crippen molar-refractivity contribution in [2.45, 2.75) is 62.1 Å². The monoisotopic (exact) mass is 556 g/mol. The van der Waals surface area contributed by atoms with Gasteiger partial charge in [-0.3, -0.25) is 4.57 Å². The van der Waals surface area contributed by atoms with E-state index in [0.29, 0.717) is 11.2 Å². The largest absolute Gasteiger partial charge is 0.387 e. The number of halogens is 1. The molecular weight excluding hydrogens is 531 g/mol. The lowest BCUT2D eigenvalue weighted by Crippen LogP contribution is -2.36. The molecule has 3 heterocycles. The van der Waals surface area contributed by atoms with Crippen LogP contribution >= 0.6 is 19.2 Å². The summed E-state index contributed by atoms with van der Waals surface area (Å²) in [7, 11) is -9.30. The van der Waals surface area contributed by atoms with Crippen molar-refractivity contribution in [3.05, 3.63) is 11.5 Å². The van der Waals surface area contributed by atoms with E-state index in [4.69, 9.17) is 26.2 Å². The Hall–Kier alpha value is -1.46. The van der Waals surface area contributed by atoms with Crippen LogP contribution in [0, 0.1) is 0 Å². The summed E-state index contributed by atoms with van der Waals surface area (Å²) in [5.74, 6) is -2.76. The number of aliphatic hydroxyl groups excluding tert-OH is 2. The number of anilines is 1. The van der Waals surface area contributed by atoms with E-state index in [9.17, 15) is 33.0 Å². The first-order chi connectivity index (χ1) is 16.3. The molecule has 1 saturated carbocycles. The molecular formula is C17H26ClN6O9PS. The minimum atomic E-state index is -5.02. The van der Waals surface area contributed by atoms with Crippen LogP contribution in [-0.2, 0) is 24.1 Å². The summed E-state index contributed by atoms with van der Waals surface area (Å²) < 4.78 is 46.1. The topological polar surface area (TPSA) is 232 Å². The van der Waals surface area contributed by atoms with Crippen LogP contribution in [0.15, 0.2) is 6.20 Å². The lowest BCUT2D eigenvalue weighted by atomic mass is 10.1. The molecule has 0 amide bonds. The average molecular weight is 557 g/mol. The highest BCUT2D eigenvalue weighted by molar-refractivity contribution is 7.89. The second-order valence-electron chi connectivity index (χ2n) is 8.55. The molecule has 0 radical (unpaired) electrons. The molecule has 2 aromatic rings. The van der Waals surface area contributed by atoms with Crippen molar-refractivity contribution in [3.63, 3.8) is 0 Å². The second-order valence-corrected chi connectivity index (χ2v) is 12.3. The Morgan fingerprint density at radius 1 is 1.29 bits per heavy atom. The number of primary sulfonamides is 1. The van der Waals surface area contributed by atoms with Gasteiger partial charge >= 0.3 is 7.60 Å². The van der Waals surface area contributed by atoms with Gasteiger partial charge in [-0.1, -0.05) is 12.8 Å². The second kappa shape index (κ2) is 10.1. The Bertz CT molecular complexity index is 1220. The van der Waals surface area contributed by atoms with Crippen LogP contribution in [0.1, 0.15) is 31.9 Å². The summed E-state index contributed by atoms with van der Waals surface area (Å²) >= 11 is 6.11. The maximum Gasteiger partial charge on any atom is 0.355 e. The summed E-state index contributed by atoms with van der Waals surface area (Å²) in [6, 6.07) is 0.225. The van der Waals surface area contributed by atoms with E-state index in [-0.39, 0.29) is 17.0 Å². The molecule has 2 aromatic heterocycles. The van der Waals surface area contributed by atoms with Gasteiger partial charge in [0.05, 0.1) is 18.2 Å². The molecule has 1 unspecified atom stereocenters. The molecule has 5 atom stereocenters. The molecule has 1 aliphatic heterocycles. The molecule has 4 rings (SSSR count). The first kappa shape index (κ1) is 26.6. The number of nitrogens with zero attached hydrogens (tertiary/aromatic N) is 4. The third kappa shape index (κ3) is 6.10. The van der Waals surface area contributed by atoms with Gasteiger partial charge in [0.15, 0.2) is 17.7 Å². The lowest BCUT2D eigenvalue weighted by Gasteiger charge is -2.21. The predicted molar refractivity (Wildman–Crippen MR) is 122 cm³/mol. The summed E-state index contributed by atoms with van der Waals surface area (Å²) in [5.41, 5.74) is 0.227. The van der Waals surface area contributed by atoms with E-state index in [1.807, 2.05) is 0 Å². The fourth-order valence-electron chi connectivity index (χ4n) is 4.17. The molecule has 1 saturated heterocycles. The van der Waals surface area contributed by atoms with Gasteiger partial charge in [0, 0.05) is 6.04 Å². The molecule has 18 heteroatoms. The first-order valence-electron chi connectivity index (χ1n) is 10.7. The number of hydrogen-bond acceptors (Lipinski definition) is 11. The Balaban J connectivity index is 1.53. The maximum atomic E-state index is 11.6. The van der Waals surface area contributed by atoms with Crippen molar-refractivity contribution in [3.8, 4) is 0 Å². The molecule has 196 valence electrons. The van der Waals surface area contributed by atoms with Crippen molar-refractivity contribution >= 4 is 46.1 Å². The van der Waals surface area contributed by atoms with Gasteiger partial charge < -0.3 is 34.8 Å². The van der Waals surface area contributed by atoms with Crippen LogP contribution in [0.25, 0.3) is 11.0 Å². The molecule has 7 N–H and O–H groups in total. The Morgan fingerprint density at radius 3 is 2.60 bits per heavy atom. The van der Waals surface area contributed by atoms with E-state index in [2.05, 4.69) is 20.4 Å². The molecule has 0 spiro atoms. The fraction of sp³-hybridized carbons (Fsp3) is 0.706. The van der Waals surface area contributed by atoms with Crippen molar-refractivity contribution in [2.24, 2.45) is 5.14 Å². The van der Waals surface area contributed by atoms with Gasteiger partial charge in [-0.25, -0.2) is 18.2 Å². The highest BCUT2D eigenvalue weighted by atomic mass is 35.5. The maximum absolute atomic E-state index is 11.6.